The maximum atomic E-state index is 13.0. The standard InChI is InChI=1S/C20H27ClN2O6/c1-11-8-13(21)9-12-10-14(22-17(25)27-19(2,3)4)16(24)23(15(11)12)29-18(26)28-20(5,6)7/h8-9,14H,10H2,1-7H3,(H,22,25). The van der Waals surface area contributed by atoms with Crippen molar-refractivity contribution in [3.8, 4) is 0 Å². The second-order valence-electron chi connectivity index (χ2n) is 8.82. The summed E-state index contributed by atoms with van der Waals surface area (Å²) >= 11 is 6.15. The number of rotatable bonds is 2. The highest BCUT2D eigenvalue weighted by Gasteiger charge is 2.39. The zero-order valence-corrected chi connectivity index (χ0v) is 18.5. The molecule has 0 bridgehead atoms. The van der Waals surface area contributed by atoms with Crippen LogP contribution in [0.2, 0.25) is 5.02 Å². The zero-order chi connectivity index (χ0) is 22.1. The number of anilines is 1. The van der Waals surface area contributed by atoms with Crippen LogP contribution in [0.5, 0.6) is 0 Å². The molecule has 2 amide bonds. The third-order valence-electron chi connectivity index (χ3n) is 3.72. The summed E-state index contributed by atoms with van der Waals surface area (Å²) in [7, 11) is 0. The molecule has 9 heteroatoms. The monoisotopic (exact) mass is 426 g/mol. The molecule has 0 saturated carbocycles. The Morgan fingerprint density at radius 2 is 1.69 bits per heavy atom. The minimum absolute atomic E-state index is 0.170. The number of hydrogen-bond donors (Lipinski definition) is 1. The van der Waals surface area contributed by atoms with Gasteiger partial charge in [-0.15, -0.1) is 5.06 Å². The molecule has 1 aromatic carbocycles. The molecule has 1 atom stereocenters. The van der Waals surface area contributed by atoms with Crippen molar-refractivity contribution in [1.29, 1.82) is 0 Å². The molecule has 0 fully saturated rings. The van der Waals surface area contributed by atoms with Gasteiger partial charge in [0, 0.05) is 11.4 Å². The van der Waals surface area contributed by atoms with Crippen molar-refractivity contribution in [2.45, 2.75) is 72.1 Å². The van der Waals surface area contributed by atoms with E-state index >= 15 is 0 Å². The molecule has 0 spiro atoms. The molecule has 1 unspecified atom stereocenters. The summed E-state index contributed by atoms with van der Waals surface area (Å²) in [6.07, 6.45) is -1.62. The lowest BCUT2D eigenvalue weighted by Gasteiger charge is -2.34. The van der Waals surface area contributed by atoms with E-state index in [4.69, 9.17) is 25.9 Å². The van der Waals surface area contributed by atoms with Crippen LogP contribution < -0.4 is 10.4 Å². The van der Waals surface area contributed by atoms with Crippen LogP contribution in [0.4, 0.5) is 15.3 Å². The minimum atomic E-state index is -1.04. The lowest BCUT2D eigenvalue weighted by Crippen LogP contribution is -2.54. The highest BCUT2D eigenvalue weighted by atomic mass is 35.5. The fourth-order valence-corrected chi connectivity index (χ4v) is 3.10. The molecule has 2 rings (SSSR count). The number of nitrogens with zero attached hydrogens (tertiary/aromatic N) is 1. The van der Waals surface area contributed by atoms with Gasteiger partial charge < -0.3 is 14.8 Å². The fraction of sp³-hybridized carbons (Fsp3) is 0.550. The summed E-state index contributed by atoms with van der Waals surface area (Å²) in [6, 6.07) is 2.31. The van der Waals surface area contributed by atoms with Crippen LogP contribution in [0.15, 0.2) is 12.1 Å². The Balaban J connectivity index is 2.34. The number of hydrogen-bond acceptors (Lipinski definition) is 6. The number of halogens is 1. The lowest BCUT2D eigenvalue weighted by molar-refractivity contribution is -0.128. The molecule has 8 nitrogen and oxygen atoms in total. The van der Waals surface area contributed by atoms with Crippen LogP contribution in [0, 0.1) is 6.92 Å². The van der Waals surface area contributed by atoms with Gasteiger partial charge >= 0.3 is 12.2 Å². The SMILES string of the molecule is Cc1cc(Cl)cc2c1N(OC(=O)OC(C)(C)C)C(=O)C(NC(=O)OC(C)(C)C)C2. The molecular formula is C20H27ClN2O6. The van der Waals surface area contributed by atoms with Crippen molar-refractivity contribution >= 4 is 35.4 Å². The number of fused-ring (bicyclic) bond motifs is 1. The summed E-state index contributed by atoms with van der Waals surface area (Å²) in [5.41, 5.74) is 0.140. The second kappa shape index (κ2) is 8.10. The number of carbonyl (C=O) groups is 3. The molecular weight excluding hydrogens is 400 g/mol. The number of aryl methyl sites for hydroxylation is 1. The molecule has 0 saturated heterocycles. The Morgan fingerprint density at radius 1 is 1.10 bits per heavy atom. The lowest BCUT2D eigenvalue weighted by atomic mass is 9.96. The first kappa shape index (κ1) is 22.8. The predicted octanol–water partition coefficient (Wildman–Crippen LogP) is 4.30. The second-order valence-corrected chi connectivity index (χ2v) is 9.26. The van der Waals surface area contributed by atoms with E-state index < -0.39 is 35.4 Å². The molecule has 0 radical (unpaired) electrons. The third kappa shape index (κ3) is 6.25. The van der Waals surface area contributed by atoms with Crippen LogP contribution in [-0.2, 0) is 25.5 Å². The number of nitrogens with one attached hydrogen (secondary N) is 1. The molecule has 1 N–H and O–H groups in total. The largest absolute Gasteiger partial charge is 0.534 e. The van der Waals surface area contributed by atoms with Crippen molar-refractivity contribution in [1.82, 2.24) is 5.32 Å². The molecule has 1 aromatic rings. The van der Waals surface area contributed by atoms with Crippen LogP contribution in [-0.4, -0.2) is 35.4 Å². The predicted molar refractivity (Wildman–Crippen MR) is 108 cm³/mol. The summed E-state index contributed by atoms with van der Waals surface area (Å²) in [5.74, 6) is -0.625. The molecule has 0 aromatic heterocycles. The average Bonchev–Trinajstić information content (AvgIpc) is 2.47. The van der Waals surface area contributed by atoms with Crippen molar-refractivity contribution in [2.24, 2.45) is 0 Å². The van der Waals surface area contributed by atoms with Gasteiger partial charge in [-0.3, -0.25) is 9.63 Å². The van der Waals surface area contributed by atoms with Gasteiger partial charge in [0.15, 0.2) is 0 Å². The molecule has 0 aliphatic carbocycles. The highest BCUT2D eigenvalue weighted by molar-refractivity contribution is 6.31. The van der Waals surface area contributed by atoms with Gasteiger partial charge in [-0.2, -0.15) is 0 Å². The third-order valence-corrected chi connectivity index (χ3v) is 3.93. The first-order valence-corrected chi connectivity index (χ1v) is 9.57. The van der Waals surface area contributed by atoms with Gasteiger partial charge in [0.05, 0.1) is 5.69 Å². The maximum absolute atomic E-state index is 13.0. The number of alkyl carbamates (subject to hydrolysis) is 1. The van der Waals surface area contributed by atoms with Crippen LogP contribution in [0.1, 0.15) is 52.7 Å². The van der Waals surface area contributed by atoms with E-state index in [2.05, 4.69) is 5.32 Å². The Labute approximate surface area is 175 Å². The highest BCUT2D eigenvalue weighted by Crippen LogP contribution is 2.34. The van der Waals surface area contributed by atoms with Crippen molar-refractivity contribution in [2.75, 3.05) is 5.06 Å². The normalized spacial score (nSPS) is 16.8. The van der Waals surface area contributed by atoms with Gasteiger partial charge in [0.1, 0.15) is 17.2 Å². The summed E-state index contributed by atoms with van der Waals surface area (Å²) in [4.78, 5) is 42.6. The van der Waals surface area contributed by atoms with E-state index in [1.165, 1.54) is 0 Å². The Hall–Kier alpha value is -2.48. The number of hydroxylamine groups is 1. The zero-order valence-electron chi connectivity index (χ0n) is 17.7. The van der Waals surface area contributed by atoms with Gasteiger partial charge in [-0.25, -0.2) is 9.59 Å². The van der Waals surface area contributed by atoms with E-state index in [0.29, 0.717) is 21.8 Å². The minimum Gasteiger partial charge on any atom is -0.444 e. The van der Waals surface area contributed by atoms with E-state index in [9.17, 15) is 14.4 Å². The Kier molecular flexibility index (Phi) is 6.37. The number of benzene rings is 1. The fourth-order valence-electron chi connectivity index (χ4n) is 2.81. The van der Waals surface area contributed by atoms with Crippen molar-refractivity contribution in [3.63, 3.8) is 0 Å². The quantitative estimate of drug-likeness (QED) is 0.708. The van der Waals surface area contributed by atoms with Gasteiger partial charge in [0.2, 0.25) is 0 Å². The molecule has 1 aliphatic heterocycles. The number of ether oxygens (including phenoxy) is 2. The van der Waals surface area contributed by atoms with E-state index in [0.717, 1.165) is 5.06 Å². The molecule has 1 heterocycles. The van der Waals surface area contributed by atoms with Crippen LogP contribution in [0.3, 0.4) is 0 Å². The van der Waals surface area contributed by atoms with Gasteiger partial charge in [-0.05, 0) is 71.7 Å². The number of amides is 2. The summed E-state index contributed by atoms with van der Waals surface area (Å²) < 4.78 is 10.4. The summed E-state index contributed by atoms with van der Waals surface area (Å²) in [6.45, 7) is 11.9. The molecule has 1 aliphatic rings. The van der Waals surface area contributed by atoms with E-state index in [1.54, 1.807) is 60.6 Å². The van der Waals surface area contributed by atoms with Crippen LogP contribution in [0.25, 0.3) is 0 Å². The Morgan fingerprint density at radius 3 is 2.24 bits per heavy atom. The average molecular weight is 427 g/mol. The first-order valence-electron chi connectivity index (χ1n) is 9.20. The van der Waals surface area contributed by atoms with Crippen molar-refractivity contribution < 1.29 is 28.7 Å². The van der Waals surface area contributed by atoms with Crippen LogP contribution >= 0.6 is 11.6 Å². The Bertz CT molecular complexity index is 825. The first-order chi connectivity index (χ1) is 13.2. The molecule has 160 valence electrons. The molecule has 29 heavy (non-hydrogen) atoms. The topological polar surface area (TPSA) is 94.2 Å². The smallest absolute Gasteiger partial charge is 0.444 e. The van der Waals surface area contributed by atoms with E-state index in [1.807, 2.05) is 0 Å². The van der Waals surface area contributed by atoms with Crippen molar-refractivity contribution in [3.05, 3.63) is 28.3 Å². The maximum Gasteiger partial charge on any atom is 0.534 e. The summed E-state index contributed by atoms with van der Waals surface area (Å²) in [5, 5.41) is 3.84. The van der Waals surface area contributed by atoms with Gasteiger partial charge in [0.25, 0.3) is 5.91 Å². The van der Waals surface area contributed by atoms with Gasteiger partial charge in [-0.1, -0.05) is 11.6 Å². The van der Waals surface area contributed by atoms with E-state index in [-0.39, 0.29) is 6.42 Å². The number of carbonyl (C=O) groups excluding carboxylic acids is 3.